The van der Waals surface area contributed by atoms with Crippen molar-refractivity contribution in [3.05, 3.63) is 30.0 Å². The van der Waals surface area contributed by atoms with Gasteiger partial charge in [-0.2, -0.15) is 0 Å². The SMILES string of the molecule is COCC(COC)OC(=O)c1cc2cc(NC(=O)[C@H]3NCCC3C3CCCCC3)ccc2o1. The summed E-state index contributed by atoms with van der Waals surface area (Å²) in [4.78, 5) is 25.6. The summed E-state index contributed by atoms with van der Waals surface area (Å²) in [7, 11) is 3.07. The fourth-order valence-electron chi connectivity index (χ4n) is 5.22. The van der Waals surface area contributed by atoms with E-state index < -0.39 is 12.1 Å². The van der Waals surface area contributed by atoms with Crippen LogP contribution in [-0.4, -0.2) is 58.0 Å². The molecule has 1 saturated carbocycles. The van der Waals surface area contributed by atoms with Crippen molar-refractivity contribution in [2.75, 3.05) is 39.3 Å². The van der Waals surface area contributed by atoms with Crippen LogP contribution in [-0.2, 0) is 19.0 Å². The Bertz CT molecular complexity index is 946. The number of hydrogen-bond donors (Lipinski definition) is 2. The average Bonchev–Trinajstić information content (AvgIpc) is 3.47. The summed E-state index contributed by atoms with van der Waals surface area (Å²) in [6, 6.07) is 6.84. The number of furan rings is 1. The van der Waals surface area contributed by atoms with Gasteiger partial charge in [0.05, 0.1) is 19.3 Å². The number of hydrogen-bond acceptors (Lipinski definition) is 7. The second-order valence-electron chi connectivity index (χ2n) is 9.07. The Morgan fingerprint density at radius 2 is 1.85 bits per heavy atom. The van der Waals surface area contributed by atoms with Crippen LogP contribution < -0.4 is 10.6 Å². The molecule has 33 heavy (non-hydrogen) atoms. The highest BCUT2D eigenvalue weighted by molar-refractivity contribution is 5.98. The number of ether oxygens (including phenoxy) is 3. The molecule has 2 atom stereocenters. The third-order valence-corrected chi connectivity index (χ3v) is 6.77. The molecule has 4 rings (SSSR count). The number of benzene rings is 1. The van der Waals surface area contributed by atoms with Crippen LogP contribution in [0.15, 0.2) is 28.7 Å². The predicted octanol–water partition coefficient (Wildman–Crippen LogP) is 3.75. The molecule has 2 fully saturated rings. The van der Waals surface area contributed by atoms with Gasteiger partial charge in [-0.3, -0.25) is 4.79 Å². The van der Waals surface area contributed by atoms with Crippen molar-refractivity contribution in [2.24, 2.45) is 11.8 Å². The molecule has 180 valence electrons. The number of amides is 1. The van der Waals surface area contributed by atoms with Crippen LogP contribution in [0.1, 0.15) is 49.1 Å². The molecule has 0 radical (unpaired) electrons. The molecule has 2 aliphatic rings. The molecule has 2 N–H and O–H groups in total. The second kappa shape index (κ2) is 11.1. The summed E-state index contributed by atoms with van der Waals surface area (Å²) in [5, 5.41) is 7.18. The Morgan fingerprint density at radius 1 is 1.09 bits per heavy atom. The third kappa shape index (κ3) is 5.75. The minimum atomic E-state index is -0.582. The van der Waals surface area contributed by atoms with Crippen molar-refractivity contribution in [3.8, 4) is 0 Å². The largest absolute Gasteiger partial charge is 0.452 e. The monoisotopic (exact) mass is 458 g/mol. The van der Waals surface area contributed by atoms with Crippen LogP contribution in [0.25, 0.3) is 11.0 Å². The molecule has 1 unspecified atom stereocenters. The van der Waals surface area contributed by atoms with E-state index in [2.05, 4.69) is 10.6 Å². The fraction of sp³-hybridized carbons (Fsp3) is 0.600. The zero-order valence-electron chi connectivity index (χ0n) is 19.4. The zero-order chi connectivity index (χ0) is 23.2. The summed E-state index contributed by atoms with van der Waals surface area (Å²) in [6.07, 6.45) is 6.85. The molecule has 1 aromatic heterocycles. The van der Waals surface area contributed by atoms with E-state index in [1.807, 2.05) is 6.07 Å². The number of fused-ring (bicyclic) bond motifs is 1. The van der Waals surface area contributed by atoms with Gasteiger partial charge in [0.15, 0.2) is 0 Å². The first-order valence-corrected chi connectivity index (χ1v) is 11.9. The maximum atomic E-state index is 13.1. The molecule has 1 aliphatic heterocycles. The minimum absolute atomic E-state index is 0.00697. The number of esters is 1. The van der Waals surface area contributed by atoms with Crippen LogP contribution in [0.2, 0.25) is 0 Å². The Labute approximate surface area is 194 Å². The van der Waals surface area contributed by atoms with Gasteiger partial charge in [-0.15, -0.1) is 0 Å². The molecular weight excluding hydrogens is 424 g/mol. The van der Waals surface area contributed by atoms with Gasteiger partial charge in [0.2, 0.25) is 11.7 Å². The quantitative estimate of drug-likeness (QED) is 0.552. The molecule has 1 aromatic carbocycles. The van der Waals surface area contributed by atoms with Gasteiger partial charge in [0.1, 0.15) is 11.7 Å². The van der Waals surface area contributed by atoms with Crippen LogP contribution >= 0.6 is 0 Å². The summed E-state index contributed by atoms with van der Waals surface area (Å²) >= 11 is 0. The normalized spacial score (nSPS) is 21.5. The lowest BCUT2D eigenvalue weighted by atomic mass is 9.76. The van der Waals surface area contributed by atoms with Crippen molar-refractivity contribution in [3.63, 3.8) is 0 Å². The van der Waals surface area contributed by atoms with Gasteiger partial charge >= 0.3 is 5.97 Å². The van der Waals surface area contributed by atoms with Crippen LogP contribution in [0, 0.1) is 11.8 Å². The Balaban J connectivity index is 1.41. The lowest BCUT2D eigenvalue weighted by molar-refractivity contribution is -0.119. The van der Waals surface area contributed by atoms with Crippen molar-refractivity contribution < 1.29 is 28.2 Å². The molecule has 1 aliphatic carbocycles. The van der Waals surface area contributed by atoms with E-state index in [0.29, 0.717) is 23.1 Å². The first-order chi connectivity index (χ1) is 16.1. The first-order valence-electron chi connectivity index (χ1n) is 11.9. The summed E-state index contributed by atoms with van der Waals surface area (Å²) < 4.78 is 21.2. The second-order valence-corrected chi connectivity index (χ2v) is 9.07. The summed E-state index contributed by atoms with van der Waals surface area (Å²) in [5.74, 6) is 0.556. The molecule has 1 amide bonds. The van der Waals surface area contributed by atoms with Crippen molar-refractivity contribution >= 4 is 28.5 Å². The van der Waals surface area contributed by atoms with Crippen LogP contribution in [0.3, 0.4) is 0 Å². The third-order valence-electron chi connectivity index (χ3n) is 6.77. The molecule has 8 nitrogen and oxygen atoms in total. The average molecular weight is 459 g/mol. The van der Waals surface area contributed by atoms with Crippen molar-refractivity contribution in [2.45, 2.75) is 50.7 Å². The van der Waals surface area contributed by atoms with Crippen LogP contribution in [0.5, 0.6) is 0 Å². The summed E-state index contributed by atoms with van der Waals surface area (Å²) in [5.41, 5.74) is 1.23. The Kier molecular flexibility index (Phi) is 8.01. The molecule has 1 saturated heterocycles. The number of carbonyl (C=O) groups excluding carboxylic acids is 2. The van der Waals surface area contributed by atoms with Gasteiger partial charge in [0.25, 0.3) is 0 Å². The van der Waals surface area contributed by atoms with E-state index in [1.165, 1.54) is 46.3 Å². The lowest BCUT2D eigenvalue weighted by Crippen LogP contribution is -2.42. The summed E-state index contributed by atoms with van der Waals surface area (Å²) in [6.45, 7) is 1.35. The van der Waals surface area contributed by atoms with Crippen molar-refractivity contribution in [1.82, 2.24) is 5.32 Å². The number of nitrogens with one attached hydrogen (secondary N) is 2. The van der Waals surface area contributed by atoms with Crippen molar-refractivity contribution in [1.29, 1.82) is 0 Å². The van der Waals surface area contributed by atoms with Crippen LogP contribution in [0.4, 0.5) is 5.69 Å². The minimum Gasteiger partial charge on any atom is -0.452 e. The maximum absolute atomic E-state index is 13.1. The Morgan fingerprint density at radius 3 is 2.58 bits per heavy atom. The predicted molar refractivity (Wildman–Crippen MR) is 124 cm³/mol. The van der Waals surface area contributed by atoms with E-state index in [-0.39, 0.29) is 30.9 Å². The van der Waals surface area contributed by atoms with E-state index in [4.69, 9.17) is 18.6 Å². The molecule has 8 heteroatoms. The highest BCUT2D eigenvalue weighted by atomic mass is 16.6. The number of rotatable bonds is 9. The van der Waals surface area contributed by atoms with E-state index in [9.17, 15) is 9.59 Å². The van der Waals surface area contributed by atoms with Gasteiger partial charge in [-0.05, 0) is 49.1 Å². The highest BCUT2D eigenvalue weighted by Crippen LogP contribution is 2.36. The van der Waals surface area contributed by atoms with E-state index in [0.717, 1.165) is 18.4 Å². The van der Waals surface area contributed by atoms with Gasteiger partial charge in [-0.1, -0.05) is 32.1 Å². The van der Waals surface area contributed by atoms with Gasteiger partial charge < -0.3 is 29.3 Å². The zero-order valence-corrected chi connectivity index (χ0v) is 19.4. The molecule has 0 bridgehead atoms. The molecular formula is C25H34N2O6. The topological polar surface area (TPSA) is 99.0 Å². The number of anilines is 1. The van der Waals surface area contributed by atoms with E-state index >= 15 is 0 Å². The fourth-order valence-corrected chi connectivity index (χ4v) is 5.22. The van der Waals surface area contributed by atoms with Gasteiger partial charge in [-0.25, -0.2) is 4.79 Å². The van der Waals surface area contributed by atoms with E-state index in [1.54, 1.807) is 18.2 Å². The number of methoxy groups -OCH3 is 2. The molecule has 0 spiro atoms. The maximum Gasteiger partial charge on any atom is 0.374 e. The standard InChI is InChI=1S/C25H34N2O6/c1-30-14-19(15-31-2)32-25(29)22-13-17-12-18(8-9-21(17)33-22)27-24(28)23-20(10-11-26-23)16-6-4-3-5-7-16/h8-9,12-13,16,19-20,23,26H,3-7,10-11,14-15H2,1-2H3,(H,27,28)/t20?,23-/m0/s1. The molecule has 2 heterocycles. The lowest BCUT2D eigenvalue weighted by Gasteiger charge is -2.30. The Hall–Kier alpha value is -2.42. The van der Waals surface area contributed by atoms with Gasteiger partial charge in [0, 0.05) is 25.3 Å². The molecule has 2 aromatic rings. The smallest absolute Gasteiger partial charge is 0.374 e. The first kappa shape index (κ1) is 23.7. The highest BCUT2D eigenvalue weighted by Gasteiger charge is 2.38. The number of carbonyl (C=O) groups is 2.